The zero-order chi connectivity index (χ0) is 16.4. The molecule has 0 saturated heterocycles. The second-order valence-corrected chi connectivity index (χ2v) is 6.52. The summed E-state index contributed by atoms with van der Waals surface area (Å²) in [5, 5.41) is 0. The Balaban J connectivity index is 1.77. The van der Waals surface area contributed by atoms with Crippen LogP contribution in [-0.4, -0.2) is 9.55 Å². The van der Waals surface area contributed by atoms with E-state index in [9.17, 15) is 0 Å². The molecule has 0 radical (unpaired) electrons. The van der Waals surface area contributed by atoms with Gasteiger partial charge in [0, 0.05) is 18.0 Å². The van der Waals surface area contributed by atoms with E-state index in [1.54, 1.807) is 0 Å². The van der Waals surface area contributed by atoms with Gasteiger partial charge in [0.15, 0.2) is 0 Å². The average molecular weight is 321 g/mol. The molecule has 25 heavy (non-hydrogen) atoms. The van der Waals surface area contributed by atoms with Gasteiger partial charge < -0.3 is 4.90 Å². The molecule has 3 nitrogen and oxygen atoms in total. The summed E-state index contributed by atoms with van der Waals surface area (Å²) in [5.41, 5.74) is 7.54. The van der Waals surface area contributed by atoms with Crippen LogP contribution in [0.2, 0.25) is 0 Å². The molecule has 0 N–H and O–H groups in total. The van der Waals surface area contributed by atoms with Crippen LogP contribution in [0.5, 0.6) is 0 Å². The number of hydrogen-bond donors (Lipinski definition) is 0. The average Bonchev–Trinajstić information content (AvgIpc) is 3.17. The normalized spacial score (nSPS) is 16.3. The lowest BCUT2D eigenvalue weighted by atomic mass is 9.86. The lowest BCUT2D eigenvalue weighted by Crippen LogP contribution is -2.34. The molecule has 1 atom stereocenters. The number of fused-ring (bicyclic) bond motifs is 11. The zero-order valence-electron chi connectivity index (χ0n) is 13.5. The van der Waals surface area contributed by atoms with Crippen LogP contribution in [0.3, 0.4) is 0 Å². The highest BCUT2D eigenvalue weighted by molar-refractivity contribution is 5.91. The Morgan fingerprint density at radius 2 is 1.36 bits per heavy atom. The molecular formula is C22H15N3. The molecule has 0 aliphatic carbocycles. The molecule has 3 aromatic carbocycles. The summed E-state index contributed by atoms with van der Waals surface area (Å²) in [6, 6.07) is 26.0. The van der Waals surface area contributed by atoms with E-state index in [1.165, 1.54) is 33.8 Å². The molecule has 1 aromatic heterocycles. The van der Waals surface area contributed by atoms with Gasteiger partial charge in [-0.15, -0.1) is 0 Å². The molecule has 3 heteroatoms. The fourth-order valence-electron chi connectivity index (χ4n) is 4.29. The van der Waals surface area contributed by atoms with E-state index in [2.05, 4.69) is 88.5 Å². The first-order valence-corrected chi connectivity index (χ1v) is 8.54. The van der Waals surface area contributed by atoms with Crippen molar-refractivity contribution in [3.63, 3.8) is 0 Å². The molecule has 2 aliphatic rings. The van der Waals surface area contributed by atoms with E-state index in [1.807, 2.05) is 6.20 Å². The SMILES string of the molecule is c1ccc2c(c1)-c1ccccc1N1c3ccccc3-n3ccnc3C21. The van der Waals surface area contributed by atoms with Gasteiger partial charge in [0.1, 0.15) is 11.9 Å². The topological polar surface area (TPSA) is 21.1 Å². The van der Waals surface area contributed by atoms with Gasteiger partial charge in [0.05, 0.1) is 17.1 Å². The van der Waals surface area contributed by atoms with Gasteiger partial charge in [-0.05, 0) is 29.3 Å². The molecular weight excluding hydrogens is 306 g/mol. The highest BCUT2D eigenvalue weighted by Gasteiger charge is 2.39. The van der Waals surface area contributed by atoms with Gasteiger partial charge in [-0.2, -0.15) is 0 Å². The third kappa shape index (κ3) is 1.57. The minimum Gasteiger partial charge on any atom is -0.324 e. The van der Waals surface area contributed by atoms with Gasteiger partial charge in [0.2, 0.25) is 0 Å². The van der Waals surface area contributed by atoms with Crippen LogP contribution in [0.4, 0.5) is 11.4 Å². The molecule has 6 rings (SSSR count). The Hall–Kier alpha value is -3.33. The van der Waals surface area contributed by atoms with Crippen molar-refractivity contribution >= 4 is 11.4 Å². The fourth-order valence-corrected chi connectivity index (χ4v) is 4.29. The van der Waals surface area contributed by atoms with Gasteiger partial charge in [-0.3, -0.25) is 4.57 Å². The summed E-state index contributed by atoms with van der Waals surface area (Å²) in [6.07, 6.45) is 3.97. The molecule has 118 valence electrons. The summed E-state index contributed by atoms with van der Waals surface area (Å²) in [5.74, 6) is 1.07. The van der Waals surface area contributed by atoms with Crippen LogP contribution < -0.4 is 4.90 Å². The third-order valence-electron chi connectivity index (χ3n) is 5.28. The summed E-state index contributed by atoms with van der Waals surface area (Å²) in [4.78, 5) is 7.17. The van der Waals surface area contributed by atoms with Crippen LogP contribution in [0.15, 0.2) is 85.2 Å². The molecule has 1 unspecified atom stereocenters. The number of benzene rings is 3. The summed E-state index contributed by atoms with van der Waals surface area (Å²) in [6.45, 7) is 0. The Morgan fingerprint density at radius 1 is 0.680 bits per heavy atom. The van der Waals surface area contributed by atoms with Crippen molar-refractivity contribution in [2.75, 3.05) is 4.90 Å². The quantitative estimate of drug-likeness (QED) is 0.449. The Bertz CT molecular complexity index is 1130. The van der Waals surface area contributed by atoms with Crippen molar-refractivity contribution in [3.05, 3.63) is 96.6 Å². The van der Waals surface area contributed by atoms with Crippen molar-refractivity contribution in [1.29, 1.82) is 0 Å². The molecule has 4 aromatic rings. The standard InChI is InChI=1S/C22H15N3/c1-2-9-17-15(7-1)16-8-3-4-10-18(16)25-20-12-6-5-11-19(20)24-14-13-23-22(24)21(17)25/h1-14,21H. The second kappa shape index (κ2) is 4.61. The second-order valence-electron chi connectivity index (χ2n) is 6.52. The smallest absolute Gasteiger partial charge is 0.141 e. The number of hydrogen-bond acceptors (Lipinski definition) is 2. The Morgan fingerprint density at radius 3 is 2.24 bits per heavy atom. The lowest BCUT2D eigenvalue weighted by molar-refractivity contribution is 0.698. The van der Waals surface area contributed by atoms with Crippen LogP contribution in [-0.2, 0) is 0 Å². The number of imidazole rings is 1. The molecule has 0 fully saturated rings. The summed E-state index contributed by atoms with van der Waals surface area (Å²) in [7, 11) is 0. The molecule has 2 aliphatic heterocycles. The predicted octanol–water partition coefficient (Wildman–Crippen LogP) is 5.09. The number of nitrogens with zero attached hydrogens (tertiary/aromatic N) is 3. The van der Waals surface area contributed by atoms with E-state index in [-0.39, 0.29) is 6.04 Å². The Labute approximate surface area is 145 Å². The van der Waals surface area contributed by atoms with Gasteiger partial charge >= 0.3 is 0 Å². The maximum Gasteiger partial charge on any atom is 0.141 e. The number of rotatable bonds is 0. The monoisotopic (exact) mass is 321 g/mol. The number of aromatic nitrogens is 2. The van der Waals surface area contributed by atoms with E-state index in [0.29, 0.717) is 0 Å². The number of anilines is 2. The van der Waals surface area contributed by atoms with E-state index < -0.39 is 0 Å². The first-order chi connectivity index (χ1) is 12.4. The fraction of sp³-hybridized carbons (Fsp3) is 0.0455. The minimum absolute atomic E-state index is 0.0935. The molecule has 0 amide bonds. The maximum absolute atomic E-state index is 4.73. The molecule has 0 saturated carbocycles. The maximum atomic E-state index is 4.73. The van der Waals surface area contributed by atoms with Crippen molar-refractivity contribution in [1.82, 2.24) is 9.55 Å². The summed E-state index contributed by atoms with van der Waals surface area (Å²) < 4.78 is 2.22. The number of para-hydroxylation sites is 3. The third-order valence-corrected chi connectivity index (χ3v) is 5.28. The van der Waals surface area contributed by atoms with E-state index in [0.717, 1.165) is 5.82 Å². The van der Waals surface area contributed by atoms with Crippen molar-refractivity contribution in [2.45, 2.75) is 6.04 Å². The van der Waals surface area contributed by atoms with Gasteiger partial charge in [0.25, 0.3) is 0 Å². The van der Waals surface area contributed by atoms with Crippen LogP contribution >= 0.6 is 0 Å². The molecule has 0 spiro atoms. The molecule has 3 heterocycles. The largest absolute Gasteiger partial charge is 0.324 e. The van der Waals surface area contributed by atoms with Crippen LogP contribution in [0, 0.1) is 0 Å². The minimum atomic E-state index is 0.0935. The molecule has 0 bridgehead atoms. The first kappa shape index (κ1) is 13.0. The van der Waals surface area contributed by atoms with Crippen molar-refractivity contribution in [2.24, 2.45) is 0 Å². The highest BCUT2D eigenvalue weighted by Crippen LogP contribution is 2.53. The van der Waals surface area contributed by atoms with Gasteiger partial charge in [-0.1, -0.05) is 54.6 Å². The predicted molar refractivity (Wildman–Crippen MR) is 99.4 cm³/mol. The first-order valence-electron chi connectivity index (χ1n) is 8.54. The zero-order valence-corrected chi connectivity index (χ0v) is 13.5. The summed E-state index contributed by atoms with van der Waals surface area (Å²) >= 11 is 0. The van der Waals surface area contributed by atoms with E-state index >= 15 is 0 Å². The Kier molecular flexibility index (Phi) is 2.40. The van der Waals surface area contributed by atoms with Crippen LogP contribution in [0.25, 0.3) is 16.8 Å². The highest BCUT2D eigenvalue weighted by atomic mass is 15.3. The van der Waals surface area contributed by atoms with Gasteiger partial charge in [-0.25, -0.2) is 4.98 Å². The lowest BCUT2D eigenvalue weighted by Gasteiger charge is -2.43. The van der Waals surface area contributed by atoms with Crippen LogP contribution in [0.1, 0.15) is 17.4 Å². The van der Waals surface area contributed by atoms with Crippen molar-refractivity contribution < 1.29 is 0 Å². The van der Waals surface area contributed by atoms with Crippen molar-refractivity contribution in [3.8, 4) is 16.8 Å². The van der Waals surface area contributed by atoms with E-state index in [4.69, 9.17) is 4.98 Å².